The molecule has 0 aliphatic rings. The maximum atomic E-state index is 14.1. The van der Waals surface area contributed by atoms with Gasteiger partial charge in [-0.2, -0.15) is 0 Å². The second-order valence-corrected chi connectivity index (χ2v) is 17.3. The smallest absolute Gasteiger partial charge is 0.251 e. The maximum Gasteiger partial charge on any atom is 0.251 e. The number of aliphatic hydroxyl groups excluding tert-OH is 1. The fourth-order valence-electron chi connectivity index (χ4n) is 5.94. The van der Waals surface area contributed by atoms with Crippen LogP contribution in [0.25, 0.3) is 0 Å². The number of hydrogen-bond acceptors (Lipinski definition) is 9. The van der Waals surface area contributed by atoms with E-state index in [0.29, 0.717) is 5.75 Å². The van der Waals surface area contributed by atoms with Crippen LogP contribution in [-0.2, 0) is 30.9 Å². The first-order valence-corrected chi connectivity index (χ1v) is 21.6. The normalized spacial score (nSPS) is 13.9. The van der Waals surface area contributed by atoms with Gasteiger partial charge in [0.15, 0.2) is 0 Å². The summed E-state index contributed by atoms with van der Waals surface area (Å²) < 4.78 is 38.4. The number of sulfonamides is 1. The van der Waals surface area contributed by atoms with Crippen LogP contribution in [0, 0.1) is 5.92 Å². The van der Waals surface area contributed by atoms with Crippen LogP contribution >= 0.6 is 15.9 Å². The quantitative estimate of drug-likeness (QED) is 0.0835. The van der Waals surface area contributed by atoms with Gasteiger partial charge in [-0.15, -0.1) is 0 Å². The predicted molar refractivity (Wildman–Crippen MR) is 229 cm³/mol. The standard InChI is InChI=1S/C43H52BrN5O9S/c1-27(2)39(43(54)45-25-29-13-9-7-10-14-29)48-42(53)38(57-5)24-37(50)36(26-58-35-19-17-33(44)18-20-35)47-41(52)32-21-31(22-34(23-32)49(4)59(6,55)56)40(51)46-28(3)30-15-11-8-12-16-30/h7-23,27-28,36-39,50H,24-26H2,1-6H3,(H,45,54)(H,46,51)(H,47,52)(H,48,53)/t28-,36+,37+,38-,39+/m1/s1. The number of anilines is 1. The van der Waals surface area contributed by atoms with Crippen molar-refractivity contribution in [1.29, 1.82) is 0 Å². The van der Waals surface area contributed by atoms with Crippen molar-refractivity contribution in [3.63, 3.8) is 0 Å². The number of nitrogens with one attached hydrogen (secondary N) is 4. The third-order valence-corrected chi connectivity index (χ3v) is 11.3. The van der Waals surface area contributed by atoms with E-state index in [2.05, 4.69) is 37.2 Å². The summed E-state index contributed by atoms with van der Waals surface area (Å²) in [5.74, 6) is -2.25. The summed E-state index contributed by atoms with van der Waals surface area (Å²) in [6.45, 7) is 5.36. The van der Waals surface area contributed by atoms with E-state index in [1.54, 1.807) is 45.0 Å². The van der Waals surface area contributed by atoms with Gasteiger partial charge in [-0.05, 0) is 66.4 Å². The lowest BCUT2D eigenvalue weighted by Gasteiger charge is -2.28. The third-order valence-electron chi connectivity index (χ3n) is 9.56. The maximum absolute atomic E-state index is 14.1. The van der Waals surface area contributed by atoms with Crippen LogP contribution in [0.5, 0.6) is 5.75 Å². The molecule has 0 heterocycles. The third kappa shape index (κ3) is 13.9. The summed E-state index contributed by atoms with van der Waals surface area (Å²) in [6, 6.07) is 26.9. The molecule has 16 heteroatoms. The van der Waals surface area contributed by atoms with Crippen molar-refractivity contribution in [2.45, 2.75) is 64.1 Å². The van der Waals surface area contributed by atoms with Crippen LogP contribution in [0.15, 0.2) is 108 Å². The van der Waals surface area contributed by atoms with Crippen LogP contribution in [-0.4, -0.2) is 88.5 Å². The zero-order valence-electron chi connectivity index (χ0n) is 33.8. The highest BCUT2D eigenvalue weighted by atomic mass is 79.9. The SMILES string of the molecule is CO[C@H](C[C@H](O)[C@H](COc1ccc(Br)cc1)NC(=O)c1cc(C(=O)N[C@H](C)c2ccccc2)cc(N(C)S(C)(=O)=O)c1)C(=O)N[C@H](C(=O)NCc1ccccc1)C(C)C. The molecule has 4 aromatic carbocycles. The second kappa shape index (κ2) is 21.6. The highest BCUT2D eigenvalue weighted by Crippen LogP contribution is 2.23. The minimum atomic E-state index is -3.82. The number of hydrogen-bond donors (Lipinski definition) is 5. The van der Waals surface area contributed by atoms with Crippen molar-refractivity contribution in [2.24, 2.45) is 5.92 Å². The lowest BCUT2D eigenvalue weighted by molar-refractivity contribution is -0.137. The fourth-order valence-corrected chi connectivity index (χ4v) is 6.69. The molecule has 0 saturated carbocycles. The lowest BCUT2D eigenvalue weighted by atomic mass is 10.0. The molecule has 59 heavy (non-hydrogen) atoms. The number of carbonyl (C=O) groups excluding carboxylic acids is 4. The van der Waals surface area contributed by atoms with Crippen molar-refractivity contribution < 1.29 is 42.2 Å². The Morgan fingerprint density at radius 3 is 1.93 bits per heavy atom. The summed E-state index contributed by atoms with van der Waals surface area (Å²) in [5, 5.41) is 22.9. The van der Waals surface area contributed by atoms with Gasteiger partial charge in [-0.25, -0.2) is 8.42 Å². The van der Waals surface area contributed by atoms with Crippen molar-refractivity contribution >= 4 is 55.3 Å². The molecule has 4 amide bonds. The molecule has 0 fully saturated rings. The highest BCUT2D eigenvalue weighted by Gasteiger charge is 2.33. The van der Waals surface area contributed by atoms with Gasteiger partial charge in [0.2, 0.25) is 21.8 Å². The van der Waals surface area contributed by atoms with Gasteiger partial charge in [0.05, 0.1) is 30.1 Å². The van der Waals surface area contributed by atoms with E-state index < -0.39 is 64.0 Å². The number of rotatable bonds is 20. The number of carbonyl (C=O) groups is 4. The van der Waals surface area contributed by atoms with Crippen molar-refractivity contribution in [2.75, 3.05) is 31.3 Å². The molecule has 4 rings (SSSR count). The molecule has 4 aromatic rings. The second-order valence-electron chi connectivity index (χ2n) is 14.4. The molecule has 0 aliphatic heterocycles. The summed E-state index contributed by atoms with van der Waals surface area (Å²) >= 11 is 3.38. The Kier molecular flexibility index (Phi) is 17.0. The Hall–Kier alpha value is -5.29. The van der Waals surface area contributed by atoms with Crippen molar-refractivity contribution in [3.8, 4) is 5.75 Å². The molecular formula is C43H52BrN5O9S. The first-order valence-electron chi connectivity index (χ1n) is 18.9. The average molecular weight is 895 g/mol. The summed E-state index contributed by atoms with van der Waals surface area (Å²) in [4.78, 5) is 54.4. The van der Waals surface area contributed by atoms with E-state index in [-0.39, 0.29) is 42.3 Å². The molecule has 14 nitrogen and oxygen atoms in total. The number of methoxy groups -OCH3 is 1. The average Bonchev–Trinajstić information content (AvgIpc) is 3.22. The van der Waals surface area contributed by atoms with Crippen LogP contribution in [0.4, 0.5) is 5.69 Å². The molecule has 0 radical (unpaired) electrons. The van der Waals surface area contributed by atoms with E-state index in [1.165, 1.54) is 32.4 Å². The summed E-state index contributed by atoms with van der Waals surface area (Å²) in [5.41, 5.74) is 1.69. The molecule has 0 aromatic heterocycles. The van der Waals surface area contributed by atoms with E-state index in [1.807, 2.05) is 60.7 Å². The van der Waals surface area contributed by atoms with Crippen molar-refractivity contribution in [3.05, 3.63) is 130 Å². The molecule has 0 saturated heterocycles. The van der Waals surface area contributed by atoms with Gasteiger partial charge in [0.1, 0.15) is 24.5 Å². The predicted octanol–water partition coefficient (Wildman–Crippen LogP) is 4.74. The van der Waals surface area contributed by atoms with E-state index in [0.717, 1.165) is 26.2 Å². The van der Waals surface area contributed by atoms with Gasteiger partial charge in [0, 0.05) is 42.7 Å². The number of amides is 4. The minimum Gasteiger partial charge on any atom is -0.491 e. The van der Waals surface area contributed by atoms with Crippen LogP contribution in [0.3, 0.4) is 0 Å². The number of nitrogens with zero attached hydrogens (tertiary/aromatic N) is 1. The number of benzene rings is 4. The Morgan fingerprint density at radius 1 is 0.797 bits per heavy atom. The molecule has 316 valence electrons. The Labute approximate surface area is 354 Å². The monoisotopic (exact) mass is 893 g/mol. The molecule has 0 bridgehead atoms. The molecule has 0 unspecified atom stereocenters. The van der Waals surface area contributed by atoms with Gasteiger partial charge >= 0.3 is 0 Å². The van der Waals surface area contributed by atoms with Crippen LogP contribution in [0.2, 0.25) is 0 Å². The van der Waals surface area contributed by atoms with E-state index in [9.17, 15) is 32.7 Å². The number of halogens is 1. The zero-order valence-corrected chi connectivity index (χ0v) is 36.2. The number of ether oxygens (including phenoxy) is 2. The Bertz CT molecular complexity index is 2140. The van der Waals surface area contributed by atoms with E-state index >= 15 is 0 Å². The Morgan fingerprint density at radius 2 is 1.37 bits per heavy atom. The van der Waals surface area contributed by atoms with Gasteiger partial charge in [0.25, 0.3) is 11.8 Å². The summed E-state index contributed by atoms with van der Waals surface area (Å²) in [6.07, 6.45) is -2.04. The number of aliphatic hydroxyl groups is 1. The fraction of sp³-hybridized carbons (Fsp3) is 0.349. The van der Waals surface area contributed by atoms with E-state index in [4.69, 9.17) is 9.47 Å². The minimum absolute atomic E-state index is 0.0118. The first-order chi connectivity index (χ1) is 28.0. The van der Waals surface area contributed by atoms with Gasteiger partial charge in [-0.3, -0.25) is 23.5 Å². The molecule has 5 N–H and O–H groups in total. The first kappa shape index (κ1) is 46.4. The molecule has 0 aliphatic carbocycles. The van der Waals surface area contributed by atoms with Crippen LogP contribution in [0.1, 0.15) is 65.1 Å². The highest BCUT2D eigenvalue weighted by molar-refractivity contribution is 9.10. The van der Waals surface area contributed by atoms with Crippen molar-refractivity contribution in [1.82, 2.24) is 21.3 Å². The molecule has 5 atom stereocenters. The zero-order chi connectivity index (χ0) is 43.3. The Balaban J connectivity index is 1.58. The van der Waals surface area contributed by atoms with Crippen LogP contribution < -0.4 is 30.3 Å². The molecule has 0 spiro atoms. The van der Waals surface area contributed by atoms with Gasteiger partial charge in [-0.1, -0.05) is 90.4 Å². The largest absolute Gasteiger partial charge is 0.491 e. The lowest BCUT2D eigenvalue weighted by Crippen LogP contribution is -2.54. The molecular weight excluding hydrogens is 842 g/mol. The topological polar surface area (TPSA) is 192 Å². The van der Waals surface area contributed by atoms with Gasteiger partial charge < -0.3 is 35.8 Å². The summed E-state index contributed by atoms with van der Waals surface area (Å²) in [7, 11) is -1.23.